The molecule has 7 heteroatoms. The maximum atomic E-state index is 12.2. The first-order valence-corrected chi connectivity index (χ1v) is 7.68. The molecule has 1 aliphatic rings. The fourth-order valence-corrected chi connectivity index (χ4v) is 3.84. The molecule has 0 radical (unpaired) electrons. The van der Waals surface area contributed by atoms with E-state index < -0.39 is 10.0 Å². The number of nitrogens with one attached hydrogen (secondary N) is 1. The van der Waals surface area contributed by atoms with Gasteiger partial charge in [-0.3, -0.25) is 0 Å². The molecule has 0 aromatic carbocycles. The first-order valence-electron chi connectivity index (χ1n) is 6.24. The Hall–Kier alpha value is -0.920. The van der Waals surface area contributed by atoms with Gasteiger partial charge in [0.15, 0.2) is 5.03 Å². The van der Waals surface area contributed by atoms with Gasteiger partial charge in [-0.15, -0.1) is 0 Å². The van der Waals surface area contributed by atoms with Crippen molar-refractivity contribution in [3.05, 3.63) is 12.0 Å². The fourth-order valence-electron chi connectivity index (χ4n) is 2.28. The molecule has 1 saturated heterocycles. The maximum Gasteiger partial charge on any atom is 0.260 e. The van der Waals surface area contributed by atoms with Crippen LogP contribution in [0.1, 0.15) is 32.5 Å². The Bertz CT molecular complexity index is 517. The number of aromatic amines is 1. The van der Waals surface area contributed by atoms with Crippen LogP contribution in [0.3, 0.4) is 0 Å². The SMILES string of the molecule is CCCC1(N)CN(S(=O)(=O)c2cnc(CC)[nH]2)C1. The van der Waals surface area contributed by atoms with Crippen LogP contribution in [0.25, 0.3) is 0 Å². The molecule has 0 spiro atoms. The molecule has 6 nitrogen and oxygen atoms in total. The predicted octanol–water partition coefficient (Wildman–Crippen LogP) is 0.474. The topological polar surface area (TPSA) is 92.1 Å². The van der Waals surface area contributed by atoms with E-state index >= 15 is 0 Å². The van der Waals surface area contributed by atoms with Crippen LogP contribution < -0.4 is 5.73 Å². The summed E-state index contributed by atoms with van der Waals surface area (Å²) >= 11 is 0. The molecular formula is C11H20N4O2S. The van der Waals surface area contributed by atoms with Crippen LogP contribution in [0.5, 0.6) is 0 Å². The number of aryl methyl sites for hydroxylation is 1. The molecule has 0 unspecified atom stereocenters. The number of nitrogens with two attached hydrogens (primary N) is 1. The van der Waals surface area contributed by atoms with Gasteiger partial charge in [-0.2, -0.15) is 4.31 Å². The van der Waals surface area contributed by atoms with Gasteiger partial charge in [0.2, 0.25) is 0 Å². The average molecular weight is 272 g/mol. The standard InChI is InChI=1S/C11H20N4O2S/c1-3-5-11(12)7-15(8-11)18(16,17)10-6-13-9(4-2)14-10/h6H,3-5,7-8,12H2,1-2H3,(H,13,14). The van der Waals surface area contributed by atoms with Gasteiger partial charge in [-0.05, 0) is 6.42 Å². The van der Waals surface area contributed by atoms with Crippen molar-refractivity contribution < 1.29 is 8.42 Å². The summed E-state index contributed by atoms with van der Waals surface area (Å²) in [5.74, 6) is 0.682. The normalized spacial score (nSPS) is 19.7. The number of hydrogen-bond acceptors (Lipinski definition) is 4. The van der Waals surface area contributed by atoms with E-state index in [-0.39, 0.29) is 10.6 Å². The highest BCUT2D eigenvalue weighted by Gasteiger charge is 2.45. The number of aromatic nitrogens is 2. The summed E-state index contributed by atoms with van der Waals surface area (Å²) in [5, 5.41) is 0.165. The number of imidazole rings is 1. The molecule has 0 saturated carbocycles. The molecule has 1 aromatic heterocycles. The van der Waals surface area contributed by atoms with Gasteiger partial charge in [0.05, 0.1) is 6.20 Å². The zero-order valence-electron chi connectivity index (χ0n) is 10.8. The van der Waals surface area contributed by atoms with Crippen LogP contribution in [0, 0.1) is 0 Å². The molecule has 0 atom stereocenters. The number of sulfonamides is 1. The van der Waals surface area contributed by atoms with E-state index in [4.69, 9.17) is 5.73 Å². The van der Waals surface area contributed by atoms with Crippen molar-refractivity contribution in [2.45, 2.75) is 43.7 Å². The van der Waals surface area contributed by atoms with Gasteiger partial charge in [0.25, 0.3) is 10.0 Å². The Balaban J connectivity index is 2.10. The lowest BCUT2D eigenvalue weighted by molar-refractivity contribution is 0.146. The van der Waals surface area contributed by atoms with Crippen molar-refractivity contribution >= 4 is 10.0 Å². The highest BCUT2D eigenvalue weighted by Crippen LogP contribution is 2.28. The summed E-state index contributed by atoms with van der Waals surface area (Å²) in [7, 11) is -3.45. The molecular weight excluding hydrogens is 252 g/mol. The van der Waals surface area contributed by atoms with E-state index in [0.29, 0.717) is 25.3 Å². The van der Waals surface area contributed by atoms with Crippen molar-refractivity contribution in [1.29, 1.82) is 0 Å². The molecule has 18 heavy (non-hydrogen) atoms. The maximum absolute atomic E-state index is 12.2. The quantitative estimate of drug-likeness (QED) is 0.815. The minimum atomic E-state index is -3.45. The molecule has 3 N–H and O–H groups in total. The Kier molecular flexibility index (Phi) is 3.48. The van der Waals surface area contributed by atoms with Crippen LogP contribution in [-0.2, 0) is 16.4 Å². The third-order valence-electron chi connectivity index (χ3n) is 3.29. The zero-order chi connectivity index (χ0) is 13.4. The Morgan fingerprint density at radius 2 is 2.17 bits per heavy atom. The molecule has 1 fully saturated rings. The summed E-state index contributed by atoms with van der Waals surface area (Å²) in [6.07, 6.45) is 3.88. The monoisotopic (exact) mass is 272 g/mol. The molecule has 0 aliphatic carbocycles. The highest BCUT2D eigenvalue weighted by atomic mass is 32.2. The van der Waals surface area contributed by atoms with Crippen molar-refractivity contribution in [3.63, 3.8) is 0 Å². The van der Waals surface area contributed by atoms with Crippen molar-refractivity contribution in [3.8, 4) is 0 Å². The summed E-state index contributed by atoms with van der Waals surface area (Å²) < 4.78 is 25.9. The van der Waals surface area contributed by atoms with Crippen LogP contribution in [0.15, 0.2) is 11.2 Å². The van der Waals surface area contributed by atoms with E-state index in [1.54, 1.807) is 0 Å². The van der Waals surface area contributed by atoms with Crippen LogP contribution in [-0.4, -0.2) is 41.3 Å². The molecule has 2 heterocycles. The van der Waals surface area contributed by atoms with E-state index in [0.717, 1.165) is 12.8 Å². The molecule has 1 aromatic rings. The number of hydrogen-bond donors (Lipinski definition) is 2. The third kappa shape index (κ3) is 2.30. The largest absolute Gasteiger partial charge is 0.332 e. The smallest absolute Gasteiger partial charge is 0.260 e. The summed E-state index contributed by atoms with van der Waals surface area (Å²) in [6, 6.07) is 0. The third-order valence-corrected chi connectivity index (χ3v) is 4.99. The lowest BCUT2D eigenvalue weighted by Crippen LogP contribution is -2.68. The molecule has 0 amide bonds. The fraction of sp³-hybridized carbons (Fsp3) is 0.727. The van der Waals surface area contributed by atoms with Crippen LogP contribution in [0.2, 0.25) is 0 Å². The second-order valence-electron chi connectivity index (χ2n) is 4.93. The average Bonchev–Trinajstić information content (AvgIpc) is 2.75. The second-order valence-corrected chi connectivity index (χ2v) is 6.84. The Morgan fingerprint density at radius 1 is 1.50 bits per heavy atom. The van der Waals surface area contributed by atoms with Gasteiger partial charge >= 0.3 is 0 Å². The zero-order valence-corrected chi connectivity index (χ0v) is 11.6. The van der Waals surface area contributed by atoms with E-state index in [2.05, 4.69) is 9.97 Å². The van der Waals surface area contributed by atoms with E-state index in [1.165, 1.54) is 10.5 Å². The van der Waals surface area contributed by atoms with Crippen LogP contribution in [0.4, 0.5) is 0 Å². The first-order chi connectivity index (χ1) is 8.41. The van der Waals surface area contributed by atoms with E-state index in [1.807, 2.05) is 13.8 Å². The predicted molar refractivity (Wildman–Crippen MR) is 68.6 cm³/mol. The minimum Gasteiger partial charge on any atom is -0.332 e. The van der Waals surface area contributed by atoms with Crippen LogP contribution >= 0.6 is 0 Å². The molecule has 1 aliphatic heterocycles. The number of nitrogens with zero attached hydrogens (tertiary/aromatic N) is 2. The molecule has 102 valence electrons. The lowest BCUT2D eigenvalue weighted by atomic mass is 9.89. The Morgan fingerprint density at radius 3 is 2.67 bits per heavy atom. The summed E-state index contributed by atoms with van der Waals surface area (Å²) in [5.41, 5.74) is 5.73. The van der Waals surface area contributed by atoms with Gasteiger partial charge in [0.1, 0.15) is 5.82 Å². The van der Waals surface area contributed by atoms with Crippen molar-refractivity contribution in [1.82, 2.24) is 14.3 Å². The second kappa shape index (κ2) is 4.64. The summed E-state index contributed by atoms with van der Waals surface area (Å²) in [6.45, 7) is 4.76. The first kappa shape index (κ1) is 13.5. The number of rotatable bonds is 5. The molecule has 0 bridgehead atoms. The Labute approximate surface area is 108 Å². The lowest BCUT2D eigenvalue weighted by Gasteiger charge is -2.46. The van der Waals surface area contributed by atoms with E-state index in [9.17, 15) is 8.42 Å². The van der Waals surface area contributed by atoms with Gasteiger partial charge < -0.3 is 10.7 Å². The highest BCUT2D eigenvalue weighted by molar-refractivity contribution is 7.89. The van der Waals surface area contributed by atoms with Crippen molar-refractivity contribution in [2.75, 3.05) is 13.1 Å². The van der Waals surface area contributed by atoms with Gasteiger partial charge in [-0.25, -0.2) is 13.4 Å². The van der Waals surface area contributed by atoms with Crippen molar-refractivity contribution in [2.24, 2.45) is 5.73 Å². The minimum absolute atomic E-state index is 0.165. The number of H-pyrrole nitrogens is 1. The van der Waals surface area contributed by atoms with Gasteiger partial charge in [-0.1, -0.05) is 20.3 Å². The molecule has 2 rings (SSSR count). The summed E-state index contributed by atoms with van der Waals surface area (Å²) in [4.78, 5) is 6.85. The van der Waals surface area contributed by atoms with Gasteiger partial charge in [0, 0.05) is 25.0 Å².